The van der Waals surface area contributed by atoms with Gasteiger partial charge in [-0.3, -0.25) is 0 Å². The molecule has 2 aliphatic rings. The highest BCUT2D eigenvalue weighted by Gasteiger charge is 2.48. The Labute approximate surface area is 129 Å². The van der Waals surface area contributed by atoms with Crippen LogP contribution in [0, 0.1) is 5.92 Å². The third-order valence-electron chi connectivity index (χ3n) is 5.06. The zero-order valence-electron chi connectivity index (χ0n) is 14.0. The van der Waals surface area contributed by atoms with Gasteiger partial charge in [0, 0.05) is 23.0 Å². The van der Waals surface area contributed by atoms with Gasteiger partial charge in [-0.15, -0.1) is 0 Å². The summed E-state index contributed by atoms with van der Waals surface area (Å²) < 4.78 is 6.27. The summed E-state index contributed by atoms with van der Waals surface area (Å²) in [4.78, 5) is 0. The Morgan fingerprint density at radius 2 is 1.80 bits per heavy atom. The van der Waals surface area contributed by atoms with E-state index in [1.54, 1.807) is 0 Å². The molecule has 0 amide bonds. The smallest absolute Gasteiger partial charge is 0.0678 e. The summed E-state index contributed by atoms with van der Waals surface area (Å²) >= 11 is 2.20. The van der Waals surface area contributed by atoms with Crippen LogP contribution >= 0.6 is 11.8 Å². The lowest BCUT2D eigenvalue weighted by Gasteiger charge is -2.33. The summed E-state index contributed by atoms with van der Waals surface area (Å²) in [6.07, 6.45) is 8.34. The minimum atomic E-state index is -0.00962. The van der Waals surface area contributed by atoms with E-state index >= 15 is 0 Å². The molecule has 3 heteroatoms. The molecule has 2 rings (SSSR count). The van der Waals surface area contributed by atoms with Gasteiger partial charge < -0.3 is 10.1 Å². The molecule has 2 unspecified atom stereocenters. The Morgan fingerprint density at radius 3 is 2.30 bits per heavy atom. The summed E-state index contributed by atoms with van der Waals surface area (Å²) in [5.41, 5.74) is 0.0169. The Morgan fingerprint density at radius 1 is 1.15 bits per heavy atom. The van der Waals surface area contributed by atoms with Crippen LogP contribution in [0.25, 0.3) is 0 Å². The normalized spacial score (nSPS) is 31.4. The van der Waals surface area contributed by atoms with E-state index in [0.717, 1.165) is 11.7 Å². The summed E-state index contributed by atoms with van der Waals surface area (Å²) in [7, 11) is 2.12. The van der Waals surface area contributed by atoms with Gasteiger partial charge in [0.25, 0.3) is 0 Å². The van der Waals surface area contributed by atoms with Crippen molar-refractivity contribution in [2.24, 2.45) is 5.92 Å². The van der Waals surface area contributed by atoms with Gasteiger partial charge in [-0.1, -0.05) is 19.3 Å². The first-order valence-corrected chi connectivity index (χ1v) is 9.38. The maximum Gasteiger partial charge on any atom is 0.0678 e. The zero-order chi connectivity index (χ0) is 14.8. The van der Waals surface area contributed by atoms with Crippen LogP contribution in [0.2, 0.25) is 0 Å². The van der Waals surface area contributed by atoms with Crippen molar-refractivity contribution < 1.29 is 4.74 Å². The van der Waals surface area contributed by atoms with E-state index in [2.05, 4.69) is 51.8 Å². The van der Waals surface area contributed by atoms with E-state index in [9.17, 15) is 0 Å². The average Bonchev–Trinajstić information content (AvgIpc) is 2.60. The van der Waals surface area contributed by atoms with E-state index in [1.807, 2.05) is 0 Å². The summed E-state index contributed by atoms with van der Waals surface area (Å²) in [6, 6.07) is 0.568. The Hall–Kier alpha value is 0.270. The van der Waals surface area contributed by atoms with Crippen molar-refractivity contribution in [3.63, 3.8) is 0 Å². The van der Waals surface area contributed by atoms with Crippen molar-refractivity contribution in [1.82, 2.24) is 5.32 Å². The van der Waals surface area contributed by atoms with Gasteiger partial charge in [0.05, 0.1) is 11.2 Å². The predicted molar refractivity (Wildman–Crippen MR) is 89.5 cm³/mol. The molecular weight excluding hydrogens is 266 g/mol. The Balaban J connectivity index is 1.90. The second-order valence-corrected chi connectivity index (χ2v) is 9.10. The lowest BCUT2D eigenvalue weighted by atomic mass is 9.82. The minimum Gasteiger partial charge on any atom is -0.369 e. The first-order chi connectivity index (χ1) is 9.34. The first kappa shape index (κ1) is 16.6. The molecule has 118 valence electrons. The van der Waals surface area contributed by atoms with Crippen molar-refractivity contribution in [2.75, 3.05) is 12.8 Å². The van der Waals surface area contributed by atoms with Gasteiger partial charge >= 0.3 is 0 Å². The van der Waals surface area contributed by atoms with E-state index in [0.29, 0.717) is 12.0 Å². The molecule has 1 aliphatic carbocycles. The Kier molecular flexibility index (Phi) is 5.47. The third kappa shape index (κ3) is 4.14. The van der Waals surface area contributed by atoms with Crippen LogP contribution < -0.4 is 5.32 Å². The standard InChI is InChI=1S/C17H33NOS/c1-16(2)11-14(17(3,4)19-16)15(18-5)12-20-13-9-7-6-8-10-13/h13-15,18H,6-12H2,1-5H3. The van der Waals surface area contributed by atoms with Crippen LogP contribution in [-0.2, 0) is 4.74 Å². The number of rotatable bonds is 5. The molecule has 1 saturated carbocycles. The van der Waals surface area contributed by atoms with Gasteiger partial charge in [0.1, 0.15) is 0 Å². The fourth-order valence-corrected chi connectivity index (χ4v) is 5.65. The molecule has 0 spiro atoms. The third-order valence-corrected chi connectivity index (χ3v) is 6.56. The summed E-state index contributed by atoms with van der Waals surface area (Å²) in [5, 5.41) is 4.48. The first-order valence-electron chi connectivity index (χ1n) is 8.33. The van der Waals surface area contributed by atoms with Gasteiger partial charge in [-0.25, -0.2) is 0 Å². The predicted octanol–water partition coefficient (Wildman–Crippen LogP) is 4.23. The molecule has 1 heterocycles. The fraction of sp³-hybridized carbons (Fsp3) is 1.00. The van der Waals surface area contributed by atoms with Crippen molar-refractivity contribution in [1.29, 1.82) is 0 Å². The zero-order valence-corrected chi connectivity index (χ0v) is 14.8. The number of nitrogens with one attached hydrogen (secondary N) is 1. The fourth-order valence-electron chi connectivity index (χ4n) is 4.10. The molecule has 0 bridgehead atoms. The summed E-state index contributed by atoms with van der Waals surface area (Å²) in [5.74, 6) is 1.84. The minimum absolute atomic E-state index is 0.00962. The molecule has 2 atom stereocenters. The maximum atomic E-state index is 6.27. The number of thioether (sulfide) groups is 1. The lowest BCUT2D eigenvalue weighted by molar-refractivity contribution is -0.0767. The second-order valence-electron chi connectivity index (χ2n) is 7.76. The van der Waals surface area contributed by atoms with Crippen LogP contribution in [0.4, 0.5) is 0 Å². The largest absolute Gasteiger partial charge is 0.369 e. The van der Waals surface area contributed by atoms with E-state index in [4.69, 9.17) is 4.74 Å². The molecule has 1 saturated heterocycles. The molecule has 0 aromatic carbocycles. The number of hydrogen-bond acceptors (Lipinski definition) is 3. The second kappa shape index (κ2) is 6.58. The van der Waals surface area contributed by atoms with Gasteiger partial charge in [-0.05, 0) is 54.0 Å². The van der Waals surface area contributed by atoms with Crippen molar-refractivity contribution in [2.45, 2.75) is 88.7 Å². The van der Waals surface area contributed by atoms with Crippen LogP contribution in [0.1, 0.15) is 66.2 Å². The van der Waals surface area contributed by atoms with Gasteiger partial charge in [-0.2, -0.15) is 11.8 Å². The van der Waals surface area contributed by atoms with Crippen LogP contribution in [0.3, 0.4) is 0 Å². The van der Waals surface area contributed by atoms with Crippen LogP contribution in [-0.4, -0.2) is 35.3 Å². The van der Waals surface area contributed by atoms with Crippen LogP contribution in [0.15, 0.2) is 0 Å². The highest BCUT2D eigenvalue weighted by molar-refractivity contribution is 7.99. The maximum absolute atomic E-state index is 6.27. The molecule has 0 radical (unpaired) electrons. The van der Waals surface area contributed by atoms with Crippen LogP contribution in [0.5, 0.6) is 0 Å². The monoisotopic (exact) mass is 299 g/mol. The Bertz CT molecular complexity index is 310. The molecule has 1 N–H and O–H groups in total. The molecular formula is C17H33NOS. The topological polar surface area (TPSA) is 21.3 Å². The highest BCUT2D eigenvalue weighted by Crippen LogP contribution is 2.44. The van der Waals surface area contributed by atoms with Crippen molar-refractivity contribution in [3.8, 4) is 0 Å². The lowest BCUT2D eigenvalue weighted by Crippen LogP contribution is -2.44. The van der Waals surface area contributed by atoms with Crippen molar-refractivity contribution >= 4 is 11.8 Å². The summed E-state index contributed by atoms with van der Waals surface area (Å²) in [6.45, 7) is 9.00. The van der Waals surface area contributed by atoms with E-state index in [-0.39, 0.29) is 11.2 Å². The SMILES string of the molecule is CNC(CSC1CCCCC1)C1CC(C)(C)OC1(C)C. The number of ether oxygens (including phenoxy) is 1. The molecule has 20 heavy (non-hydrogen) atoms. The van der Waals surface area contributed by atoms with E-state index in [1.165, 1.54) is 37.9 Å². The average molecular weight is 300 g/mol. The number of hydrogen-bond donors (Lipinski definition) is 1. The van der Waals surface area contributed by atoms with Crippen molar-refractivity contribution in [3.05, 3.63) is 0 Å². The molecule has 2 nitrogen and oxygen atoms in total. The molecule has 0 aromatic rings. The molecule has 0 aromatic heterocycles. The quantitative estimate of drug-likeness (QED) is 0.820. The van der Waals surface area contributed by atoms with Gasteiger partial charge in [0.15, 0.2) is 0 Å². The molecule has 1 aliphatic heterocycles. The van der Waals surface area contributed by atoms with Gasteiger partial charge in [0.2, 0.25) is 0 Å². The van der Waals surface area contributed by atoms with E-state index < -0.39 is 0 Å². The highest BCUT2D eigenvalue weighted by atomic mass is 32.2. The molecule has 2 fully saturated rings.